The molecule has 6 heteroatoms. The van der Waals surface area contributed by atoms with E-state index < -0.39 is 0 Å². The highest BCUT2D eigenvalue weighted by atomic mass is 16.5. The highest BCUT2D eigenvalue weighted by Gasteiger charge is 2.28. The highest BCUT2D eigenvalue weighted by molar-refractivity contribution is 5.94. The summed E-state index contributed by atoms with van der Waals surface area (Å²) in [4.78, 5) is 23.3. The van der Waals surface area contributed by atoms with Crippen molar-refractivity contribution in [3.05, 3.63) is 78.9 Å². The van der Waals surface area contributed by atoms with Crippen molar-refractivity contribution in [1.82, 2.24) is 14.9 Å². The van der Waals surface area contributed by atoms with E-state index in [4.69, 9.17) is 4.74 Å². The van der Waals surface area contributed by atoms with E-state index in [0.717, 1.165) is 49.4 Å². The molecule has 1 aliphatic rings. The van der Waals surface area contributed by atoms with Crippen LogP contribution in [0, 0.1) is 0 Å². The van der Waals surface area contributed by atoms with Gasteiger partial charge in [0.1, 0.15) is 11.5 Å². The molecule has 1 unspecified atom stereocenters. The molecule has 0 spiro atoms. The predicted molar refractivity (Wildman–Crippen MR) is 112 cm³/mol. The topological polar surface area (TPSA) is 67.3 Å². The number of hydrogen-bond donors (Lipinski definition) is 1. The summed E-state index contributed by atoms with van der Waals surface area (Å²) in [6.45, 7) is 1.66. The Kier molecular flexibility index (Phi) is 6.12. The number of pyridine rings is 2. The largest absolute Gasteiger partial charge is 0.457 e. The van der Waals surface area contributed by atoms with Crippen molar-refractivity contribution < 1.29 is 9.53 Å². The number of amides is 1. The fraction of sp³-hybridized carbons (Fsp3) is 0.261. The van der Waals surface area contributed by atoms with Crippen molar-refractivity contribution in [2.45, 2.75) is 31.8 Å². The summed E-state index contributed by atoms with van der Waals surface area (Å²) in [5.74, 6) is 1.48. The standard InChI is InChI=1S/C23H24N4O2/c28-23(22-5-1-2-15-27(22)17-18-4-3-12-25-16-18)26-19-6-8-20(9-7-19)29-21-10-13-24-14-11-21/h3-4,6-14,16,22H,1-2,5,15,17H2,(H,26,28). The second-order valence-corrected chi connectivity index (χ2v) is 7.14. The molecule has 0 saturated carbocycles. The van der Waals surface area contributed by atoms with Crippen LogP contribution in [0.3, 0.4) is 0 Å². The maximum absolute atomic E-state index is 12.9. The summed E-state index contributed by atoms with van der Waals surface area (Å²) in [5, 5.41) is 3.06. The minimum absolute atomic E-state index is 0.0383. The van der Waals surface area contributed by atoms with Crippen LogP contribution in [0.15, 0.2) is 73.3 Å². The van der Waals surface area contributed by atoms with E-state index >= 15 is 0 Å². The van der Waals surface area contributed by atoms with Crippen LogP contribution in [0.5, 0.6) is 11.5 Å². The summed E-state index contributed by atoms with van der Waals surface area (Å²) in [7, 11) is 0. The van der Waals surface area contributed by atoms with Crippen molar-refractivity contribution in [3.63, 3.8) is 0 Å². The van der Waals surface area contributed by atoms with E-state index in [2.05, 4.69) is 26.3 Å². The van der Waals surface area contributed by atoms with Crippen LogP contribution < -0.4 is 10.1 Å². The van der Waals surface area contributed by atoms with E-state index in [9.17, 15) is 4.79 Å². The average Bonchev–Trinajstić information content (AvgIpc) is 2.77. The van der Waals surface area contributed by atoms with Gasteiger partial charge in [0.05, 0.1) is 6.04 Å². The lowest BCUT2D eigenvalue weighted by atomic mass is 10.0. The van der Waals surface area contributed by atoms with Gasteiger partial charge in [-0.15, -0.1) is 0 Å². The van der Waals surface area contributed by atoms with Crippen LogP contribution in [0.4, 0.5) is 5.69 Å². The summed E-state index contributed by atoms with van der Waals surface area (Å²) in [6, 6.07) is 14.9. The van der Waals surface area contributed by atoms with Crippen LogP contribution in [-0.2, 0) is 11.3 Å². The summed E-state index contributed by atoms with van der Waals surface area (Å²) >= 11 is 0. The minimum atomic E-state index is -0.128. The van der Waals surface area contributed by atoms with Crippen molar-refractivity contribution in [1.29, 1.82) is 0 Å². The Balaban J connectivity index is 1.38. The van der Waals surface area contributed by atoms with E-state index in [1.807, 2.05) is 36.5 Å². The number of likely N-dealkylation sites (tertiary alicyclic amines) is 1. The lowest BCUT2D eigenvalue weighted by Crippen LogP contribution is -2.46. The molecule has 148 valence electrons. The highest BCUT2D eigenvalue weighted by Crippen LogP contribution is 2.24. The molecular weight excluding hydrogens is 364 g/mol. The average molecular weight is 388 g/mol. The van der Waals surface area contributed by atoms with Gasteiger partial charge in [0, 0.05) is 37.0 Å². The SMILES string of the molecule is O=C(Nc1ccc(Oc2ccncc2)cc1)C1CCCCN1Cc1cccnc1. The Bertz CT molecular complexity index is 917. The zero-order valence-corrected chi connectivity index (χ0v) is 16.2. The summed E-state index contributed by atoms with van der Waals surface area (Å²) in [6.07, 6.45) is 10.1. The third-order valence-electron chi connectivity index (χ3n) is 5.03. The third kappa shape index (κ3) is 5.18. The van der Waals surface area contributed by atoms with Crippen LogP contribution in [0.2, 0.25) is 0 Å². The van der Waals surface area contributed by atoms with Gasteiger partial charge in [-0.3, -0.25) is 19.7 Å². The molecule has 3 heterocycles. The monoisotopic (exact) mass is 388 g/mol. The van der Waals surface area contributed by atoms with Crippen LogP contribution in [0.1, 0.15) is 24.8 Å². The van der Waals surface area contributed by atoms with Crippen LogP contribution in [-0.4, -0.2) is 33.4 Å². The molecule has 1 aromatic carbocycles. The second kappa shape index (κ2) is 9.30. The molecule has 1 amide bonds. The Hall–Kier alpha value is -3.25. The Morgan fingerprint density at radius 2 is 1.79 bits per heavy atom. The normalized spacial score (nSPS) is 16.9. The number of rotatable bonds is 6. The molecule has 29 heavy (non-hydrogen) atoms. The minimum Gasteiger partial charge on any atom is -0.457 e. The van der Waals surface area contributed by atoms with Gasteiger partial charge in [-0.1, -0.05) is 12.5 Å². The zero-order chi connectivity index (χ0) is 19.9. The number of carbonyl (C=O) groups excluding carboxylic acids is 1. The number of nitrogens with zero attached hydrogens (tertiary/aromatic N) is 3. The summed E-state index contributed by atoms with van der Waals surface area (Å²) < 4.78 is 5.77. The molecule has 0 radical (unpaired) electrons. The van der Waals surface area contributed by atoms with Gasteiger partial charge in [-0.25, -0.2) is 0 Å². The number of ether oxygens (including phenoxy) is 1. The molecule has 1 atom stereocenters. The van der Waals surface area contributed by atoms with Gasteiger partial charge in [-0.05, 0) is 67.4 Å². The first-order valence-electron chi connectivity index (χ1n) is 9.90. The molecule has 3 aromatic rings. The molecule has 0 aliphatic carbocycles. The zero-order valence-electron chi connectivity index (χ0n) is 16.2. The van der Waals surface area contributed by atoms with Gasteiger partial charge in [0.2, 0.25) is 5.91 Å². The van der Waals surface area contributed by atoms with Crippen molar-refractivity contribution >= 4 is 11.6 Å². The summed E-state index contributed by atoms with van der Waals surface area (Å²) in [5.41, 5.74) is 1.90. The molecular formula is C23H24N4O2. The van der Waals surface area contributed by atoms with E-state index in [1.165, 1.54) is 0 Å². The number of benzene rings is 1. The van der Waals surface area contributed by atoms with Gasteiger partial charge in [-0.2, -0.15) is 0 Å². The Labute approximate surface area is 170 Å². The molecule has 1 aliphatic heterocycles. The van der Waals surface area contributed by atoms with E-state index in [0.29, 0.717) is 5.75 Å². The van der Waals surface area contributed by atoms with Gasteiger partial charge in [0.25, 0.3) is 0 Å². The smallest absolute Gasteiger partial charge is 0.241 e. The molecule has 6 nitrogen and oxygen atoms in total. The second-order valence-electron chi connectivity index (χ2n) is 7.14. The first-order valence-corrected chi connectivity index (χ1v) is 9.90. The first kappa shape index (κ1) is 19.1. The maximum atomic E-state index is 12.9. The molecule has 4 rings (SSSR count). The fourth-order valence-corrected chi connectivity index (χ4v) is 3.58. The van der Waals surface area contributed by atoms with Gasteiger partial charge < -0.3 is 10.1 Å². The number of aromatic nitrogens is 2. The van der Waals surface area contributed by atoms with Crippen LogP contribution >= 0.6 is 0 Å². The maximum Gasteiger partial charge on any atom is 0.241 e. The van der Waals surface area contributed by atoms with Crippen LogP contribution in [0.25, 0.3) is 0 Å². The molecule has 1 saturated heterocycles. The third-order valence-corrected chi connectivity index (χ3v) is 5.03. The van der Waals surface area contributed by atoms with Crippen molar-refractivity contribution in [2.24, 2.45) is 0 Å². The number of nitrogens with one attached hydrogen (secondary N) is 1. The van der Waals surface area contributed by atoms with Crippen molar-refractivity contribution in [2.75, 3.05) is 11.9 Å². The van der Waals surface area contributed by atoms with Gasteiger partial charge >= 0.3 is 0 Å². The Morgan fingerprint density at radius 1 is 1.00 bits per heavy atom. The predicted octanol–water partition coefficient (Wildman–Crippen LogP) is 4.26. The molecule has 2 aromatic heterocycles. The quantitative estimate of drug-likeness (QED) is 0.683. The molecule has 0 bridgehead atoms. The van der Waals surface area contributed by atoms with E-state index in [1.54, 1.807) is 30.7 Å². The first-order chi connectivity index (χ1) is 14.3. The van der Waals surface area contributed by atoms with Gasteiger partial charge in [0.15, 0.2) is 0 Å². The Morgan fingerprint density at radius 3 is 2.55 bits per heavy atom. The fourth-order valence-electron chi connectivity index (χ4n) is 3.58. The molecule has 1 N–H and O–H groups in total. The number of hydrogen-bond acceptors (Lipinski definition) is 5. The molecule has 1 fully saturated rings. The van der Waals surface area contributed by atoms with Crippen molar-refractivity contribution in [3.8, 4) is 11.5 Å². The number of carbonyl (C=O) groups is 1. The lowest BCUT2D eigenvalue weighted by molar-refractivity contribution is -0.122. The number of anilines is 1. The number of piperidine rings is 1. The lowest BCUT2D eigenvalue weighted by Gasteiger charge is -2.34. The van der Waals surface area contributed by atoms with E-state index in [-0.39, 0.29) is 11.9 Å².